The standard InChI is InChI=1S/C17H26N2O/c1-4-13-11-18-17(2,3)12-19(13)15-9-10-20-16-8-6-5-7-14(15)16/h5-8,13,15,18H,4,9-12H2,1-3H3. The summed E-state index contributed by atoms with van der Waals surface area (Å²) in [5.74, 6) is 1.08. The van der Waals surface area contributed by atoms with Gasteiger partial charge in [-0.15, -0.1) is 0 Å². The van der Waals surface area contributed by atoms with E-state index >= 15 is 0 Å². The minimum atomic E-state index is 0.193. The first-order valence-electron chi connectivity index (χ1n) is 7.83. The van der Waals surface area contributed by atoms with Crippen LogP contribution in [0.1, 0.15) is 45.2 Å². The topological polar surface area (TPSA) is 24.5 Å². The van der Waals surface area contributed by atoms with E-state index in [1.54, 1.807) is 0 Å². The van der Waals surface area contributed by atoms with E-state index in [-0.39, 0.29) is 5.54 Å². The lowest BCUT2D eigenvalue weighted by molar-refractivity contribution is 0.0333. The number of piperazine rings is 1. The molecule has 1 aromatic carbocycles. The minimum Gasteiger partial charge on any atom is -0.493 e. The largest absolute Gasteiger partial charge is 0.493 e. The van der Waals surface area contributed by atoms with Crippen molar-refractivity contribution in [2.24, 2.45) is 0 Å². The summed E-state index contributed by atoms with van der Waals surface area (Å²) >= 11 is 0. The van der Waals surface area contributed by atoms with Gasteiger partial charge in [0, 0.05) is 42.7 Å². The highest BCUT2D eigenvalue weighted by atomic mass is 16.5. The van der Waals surface area contributed by atoms with Crippen LogP contribution in [-0.2, 0) is 0 Å². The molecule has 2 aliphatic heterocycles. The van der Waals surface area contributed by atoms with Crippen LogP contribution in [-0.4, -0.2) is 36.2 Å². The first kappa shape index (κ1) is 13.9. The third-order valence-electron chi connectivity index (χ3n) is 4.66. The summed E-state index contributed by atoms with van der Waals surface area (Å²) in [5.41, 5.74) is 1.56. The molecule has 0 spiro atoms. The maximum absolute atomic E-state index is 5.82. The Morgan fingerprint density at radius 1 is 1.35 bits per heavy atom. The molecule has 1 aromatic rings. The summed E-state index contributed by atoms with van der Waals surface area (Å²) in [6.45, 7) is 9.92. The van der Waals surface area contributed by atoms with Gasteiger partial charge in [0.15, 0.2) is 0 Å². The molecule has 2 heterocycles. The van der Waals surface area contributed by atoms with Gasteiger partial charge in [0.05, 0.1) is 6.61 Å². The minimum absolute atomic E-state index is 0.193. The predicted molar refractivity (Wildman–Crippen MR) is 82.2 cm³/mol. The molecule has 3 nitrogen and oxygen atoms in total. The highest BCUT2D eigenvalue weighted by molar-refractivity contribution is 5.37. The van der Waals surface area contributed by atoms with Crippen molar-refractivity contribution in [3.63, 3.8) is 0 Å². The van der Waals surface area contributed by atoms with Crippen LogP contribution >= 0.6 is 0 Å². The molecule has 0 aliphatic carbocycles. The molecule has 0 bridgehead atoms. The molecule has 20 heavy (non-hydrogen) atoms. The number of nitrogens with zero attached hydrogens (tertiary/aromatic N) is 1. The summed E-state index contributed by atoms with van der Waals surface area (Å²) < 4.78 is 5.82. The fourth-order valence-electron chi connectivity index (χ4n) is 3.56. The second-order valence-electron chi connectivity index (χ2n) is 6.69. The first-order chi connectivity index (χ1) is 9.61. The normalized spacial score (nSPS) is 29.6. The Hall–Kier alpha value is -1.06. The number of nitrogens with one attached hydrogen (secondary N) is 1. The van der Waals surface area contributed by atoms with Crippen LogP contribution in [0.2, 0.25) is 0 Å². The van der Waals surface area contributed by atoms with E-state index in [0.717, 1.165) is 31.9 Å². The van der Waals surface area contributed by atoms with Gasteiger partial charge in [0.25, 0.3) is 0 Å². The Balaban J connectivity index is 1.91. The van der Waals surface area contributed by atoms with Crippen molar-refractivity contribution >= 4 is 0 Å². The highest BCUT2D eigenvalue weighted by Gasteiger charge is 2.37. The van der Waals surface area contributed by atoms with E-state index in [9.17, 15) is 0 Å². The molecule has 3 rings (SSSR count). The Kier molecular flexibility index (Phi) is 3.74. The van der Waals surface area contributed by atoms with Crippen molar-refractivity contribution in [2.45, 2.75) is 51.2 Å². The van der Waals surface area contributed by atoms with Crippen molar-refractivity contribution in [1.29, 1.82) is 0 Å². The van der Waals surface area contributed by atoms with Gasteiger partial charge in [-0.1, -0.05) is 25.1 Å². The molecule has 2 unspecified atom stereocenters. The fraction of sp³-hybridized carbons (Fsp3) is 0.647. The molecule has 0 aromatic heterocycles. The van der Waals surface area contributed by atoms with E-state index in [1.165, 1.54) is 12.0 Å². The van der Waals surface area contributed by atoms with E-state index < -0.39 is 0 Å². The van der Waals surface area contributed by atoms with Crippen molar-refractivity contribution in [3.8, 4) is 5.75 Å². The van der Waals surface area contributed by atoms with Gasteiger partial charge in [-0.2, -0.15) is 0 Å². The SMILES string of the molecule is CCC1CNC(C)(C)CN1C1CCOc2ccccc21. The van der Waals surface area contributed by atoms with E-state index in [0.29, 0.717) is 12.1 Å². The number of benzene rings is 1. The second-order valence-corrected chi connectivity index (χ2v) is 6.69. The zero-order valence-corrected chi connectivity index (χ0v) is 12.9. The summed E-state index contributed by atoms with van der Waals surface area (Å²) in [6, 6.07) is 9.68. The third kappa shape index (κ3) is 2.57. The number of fused-ring (bicyclic) bond motifs is 1. The van der Waals surface area contributed by atoms with Crippen LogP contribution in [0.25, 0.3) is 0 Å². The number of para-hydroxylation sites is 1. The molecule has 0 saturated carbocycles. The number of hydrogen-bond acceptors (Lipinski definition) is 3. The van der Waals surface area contributed by atoms with Gasteiger partial charge in [0.2, 0.25) is 0 Å². The molecule has 0 amide bonds. The quantitative estimate of drug-likeness (QED) is 0.897. The molecule has 1 saturated heterocycles. The zero-order chi connectivity index (χ0) is 14.2. The first-order valence-corrected chi connectivity index (χ1v) is 7.83. The summed E-state index contributed by atoms with van der Waals surface area (Å²) in [7, 11) is 0. The zero-order valence-electron chi connectivity index (χ0n) is 12.9. The summed E-state index contributed by atoms with van der Waals surface area (Å²) in [6.07, 6.45) is 2.30. The molecular weight excluding hydrogens is 248 g/mol. The van der Waals surface area contributed by atoms with Gasteiger partial charge >= 0.3 is 0 Å². The predicted octanol–water partition coefficient (Wildman–Crippen LogP) is 2.97. The van der Waals surface area contributed by atoms with Crippen molar-refractivity contribution in [3.05, 3.63) is 29.8 Å². The van der Waals surface area contributed by atoms with Crippen LogP contribution < -0.4 is 10.1 Å². The van der Waals surface area contributed by atoms with E-state index in [1.807, 2.05) is 0 Å². The molecule has 1 fully saturated rings. The fourth-order valence-corrected chi connectivity index (χ4v) is 3.56. The number of hydrogen-bond donors (Lipinski definition) is 1. The lowest BCUT2D eigenvalue weighted by atomic mass is 9.91. The average molecular weight is 274 g/mol. The van der Waals surface area contributed by atoms with Gasteiger partial charge in [-0.3, -0.25) is 4.90 Å². The van der Waals surface area contributed by atoms with Crippen LogP contribution in [0.15, 0.2) is 24.3 Å². The van der Waals surface area contributed by atoms with E-state index in [4.69, 9.17) is 4.74 Å². The van der Waals surface area contributed by atoms with Crippen LogP contribution in [0.5, 0.6) is 5.75 Å². The number of ether oxygens (including phenoxy) is 1. The van der Waals surface area contributed by atoms with Gasteiger partial charge in [-0.25, -0.2) is 0 Å². The molecule has 2 aliphatic rings. The van der Waals surface area contributed by atoms with Gasteiger partial charge in [-0.05, 0) is 26.3 Å². The summed E-state index contributed by atoms with van der Waals surface area (Å²) in [5, 5.41) is 3.68. The monoisotopic (exact) mass is 274 g/mol. The molecule has 1 N–H and O–H groups in total. The van der Waals surface area contributed by atoms with Crippen molar-refractivity contribution < 1.29 is 4.74 Å². The molecule has 0 radical (unpaired) electrons. The van der Waals surface area contributed by atoms with Crippen molar-refractivity contribution in [1.82, 2.24) is 10.2 Å². The van der Waals surface area contributed by atoms with Crippen molar-refractivity contribution in [2.75, 3.05) is 19.7 Å². The second kappa shape index (κ2) is 5.38. The Bertz CT molecular complexity index is 472. The Morgan fingerprint density at radius 3 is 2.95 bits per heavy atom. The lowest BCUT2D eigenvalue weighted by Gasteiger charge is -2.49. The van der Waals surface area contributed by atoms with Crippen LogP contribution in [0, 0.1) is 0 Å². The molecule has 2 atom stereocenters. The summed E-state index contributed by atoms with van der Waals surface area (Å²) in [4.78, 5) is 2.71. The molecular formula is C17H26N2O. The molecule has 110 valence electrons. The molecule has 3 heteroatoms. The van der Waals surface area contributed by atoms with Gasteiger partial charge in [0.1, 0.15) is 5.75 Å². The van der Waals surface area contributed by atoms with Crippen LogP contribution in [0.3, 0.4) is 0 Å². The maximum Gasteiger partial charge on any atom is 0.124 e. The smallest absolute Gasteiger partial charge is 0.124 e. The van der Waals surface area contributed by atoms with Gasteiger partial charge < -0.3 is 10.1 Å². The Morgan fingerprint density at radius 2 is 2.15 bits per heavy atom. The average Bonchev–Trinajstić information content (AvgIpc) is 2.46. The van der Waals surface area contributed by atoms with Crippen LogP contribution in [0.4, 0.5) is 0 Å². The maximum atomic E-state index is 5.82. The number of rotatable bonds is 2. The Labute approximate surface area is 122 Å². The van der Waals surface area contributed by atoms with E-state index in [2.05, 4.69) is 55.3 Å². The lowest BCUT2D eigenvalue weighted by Crippen LogP contribution is -2.62. The third-order valence-corrected chi connectivity index (χ3v) is 4.66. The highest BCUT2D eigenvalue weighted by Crippen LogP contribution is 2.38.